The third kappa shape index (κ3) is 5.43. The number of pyridine rings is 1. The molecule has 0 aliphatic carbocycles. The van der Waals surface area contributed by atoms with E-state index in [-0.39, 0.29) is 24.0 Å². The molecule has 0 spiro atoms. The van der Waals surface area contributed by atoms with E-state index in [1.54, 1.807) is 11.8 Å². The van der Waals surface area contributed by atoms with E-state index >= 15 is 0 Å². The van der Waals surface area contributed by atoms with E-state index in [2.05, 4.69) is 4.98 Å². The number of nitrogens with two attached hydrogens (primary N) is 1. The van der Waals surface area contributed by atoms with Crippen molar-refractivity contribution in [2.24, 2.45) is 11.7 Å². The normalized spacial score (nSPS) is 15.3. The average molecular weight is 479 g/mol. The van der Waals surface area contributed by atoms with E-state index < -0.39 is 29.2 Å². The van der Waals surface area contributed by atoms with Crippen LogP contribution in [0, 0.1) is 5.92 Å². The molecular weight excluding hydrogens is 451 g/mol. The highest BCUT2D eigenvalue weighted by atomic mass is 19.4. The van der Waals surface area contributed by atoms with Gasteiger partial charge in [-0.2, -0.15) is 13.2 Å². The summed E-state index contributed by atoms with van der Waals surface area (Å²) in [7, 11) is 0. The predicted molar refractivity (Wildman–Crippen MR) is 119 cm³/mol. The SMILES string of the molecule is CCN1Cc2nccc(-c3ccc(OCC(C)(CC(C)C)OC(N)=O)c(C(F)(F)F)c3)c2C1=O. The molecule has 0 saturated heterocycles. The van der Waals surface area contributed by atoms with Gasteiger partial charge in [0.05, 0.1) is 23.4 Å². The zero-order valence-electron chi connectivity index (χ0n) is 19.5. The van der Waals surface area contributed by atoms with E-state index in [9.17, 15) is 22.8 Å². The second kappa shape index (κ2) is 9.52. The first-order valence-electron chi connectivity index (χ1n) is 10.9. The van der Waals surface area contributed by atoms with Crippen LogP contribution in [0.4, 0.5) is 18.0 Å². The molecule has 0 bridgehead atoms. The minimum atomic E-state index is -4.72. The van der Waals surface area contributed by atoms with E-state index in [4.69, 9.17) is 15.2 Å². The summed E-state index contributed by atoms with van der Waals surface area (Å²) in [5.74, 6) is -0.597. The molecule has 1 unspecified atom stereocenters. The van der Waals surface area contributed by atoms with Crippen LogP contribution in [0.1, 0.15) is 55.7 Å². The van der Waals surface area contributed by atoms with Crippen LogP contribution in [0.2, 0.25) is 0 Å². The highest BCUT2D eigenvalue weighted by Gasteiger charge is 2.37. The van der Waals surface area contributed by atoms with Crippen LogP contribution in [-0.2, 0) is 17.5 Å². The Kier molecular flexibility index (Phi) is 7.09. The molecule has 2 aromatic rings. The van der Waals surface area contributed by atoms with Gasteiger partial charge >= 0.3 is 12.3 Å². The van der Waals surface area contributed by atoms with Crippen molar-refractivity contribution in [2.75, 3.05) is 13.2 Å². The molecule has 1 aliphatic rings. The maximum atomic E-state index is 14.0. The number of halogens is 3. The molecule has 2 heterocycles. The van der Waals surface area contributed by atoms with Crippen molar-refractivity contribution >= 4 is 12.0 Å². The van der Waals surface area contributed by atoms with E-state index in [1.807, 2.05) is 20.8 Å². The summed E-state index contributed by atoms with van der Waals surface area (Å²) in [6.07, 6.45) is -3.93. The number of ether oxygens (including phenoxy) is 2. The lowest BCUT2D eigenvalue weighted by molar-refractivity contribution is -0.139. The van der Waals surface area contributed by atoms with Crippen molar-refractivity contribution in [2.45, 2.75) is 52.4 Å². The molecular formula is C24H28F3N3O4. The second-order valence-corrected chi connectivity index (χ2v) is 8.97. The van der Waals surface area contributed by atoms with Gasteiger partial charge in [0, 0.05) is 12.7 Å². The fourth-order valence-corrected chi connectivity index (χ4v) is 4.28. The highest BCUT2D eigenvalue weighted by molar-refractivity contribution is 6.04. The Balaban J connectivity index is 1.98. The molecule has 184 valence electrons. The minimum Gasteiger partial charge on any atom is -0.489 e. The Bertz CT molecular complexity index is 1090. The van der Waals surface area contributed by atoms with Crippen molar-refractivity contribution < 1.29 is 32.2 Å². The number of aromatic nitrogens is 1. The number of benzene rings is 1. The number of primary amides is 1. The highest BCUT2D eigenvalue weighted by Crippen LogP contribution is 2.41. The van der Waals surface area contributed by atoms with Gasteiger partial charge < -0.3 is 20.1 Å². The predicted octanol–water partition coefficient (Wildman–Crippen LogP) is 5.02. The molecule has 1 aromatic carbocycles. The smallest absolute Gasteiger partial charge is 0.419 e. The van der Waals surface area contributed by atoms with E-state index in [1.165, 1.54) is 24.4 Å². The van der Waals surface area contributed by atoms with Gasteiger partial charge in [-0.15, -0.1) is 0 Å². The molecule has 1 aliphatic heterocycles. The summed E-state index contributed by atoms with van der Waals surface area (Å²) in [4.78, 5) is 29.9. The van der Waals surface area contributed by atoms with Crippen LogP contribution in [-0.4, -0.2) is 40.6 Å². The number of carbonyl (C=O) groups is 2. The van der Waals surface area contributed by atoms with E-state index in [0.29, 0.717) is 36.3 Å². The van der Waals surface area contributed by atoms with Gasteiger partial charge in [-0.1, -0.05) is 19.9 Å². The lowest BCUT2D eigenvalue weighted by Gasteiger charge is -2.30. The zero-order chi connectivity index (χ0) is 25.3. The topological polar surface area (TPSA) is 94.8 Å². The number of rotatable bonds is 8. The lowest BCUT2D eigenvalue weighted by Crippen LogP contribution is -2.41. The van der Waals surface area contributed by atoms with Crippen molar-refractivity contribution in [1.29, 1.82) is 0 Å². The van der Waals surface area contributed by atoms with Gasteiger partial charge in [0.15, 0.2) is 0 Å². The number of fused-ring (bicyclic) bond motifs is 1. The van der Waals surface area contributed by atoms with Gasteiger partial charge in [-0.25, -0.2) is 4.79 Å². The third-order valence-electron chi connectivity index (χ3n) is 5.57. The molecule has 3 rings (SSSR count). The number of alkyl halides is 3. The maximum absolute atomic E-state index is 14.0. The molecule has 10 heteroatoms. The average Bonchev–Trinajstić information content (AvgIpc) is 3.06. The van der Waals surface area contributed by atoms with Crippen molar-refractivity contribution in [3.8, 4) is 16.9 Å². The second-order valence-electron chi connectivity index (χ2n) is 8.97. The van der Waals surface area contributed by atoms with Gasteiger partial charge in [0.2, 0.25) is 0 Å². The minimum absolute atomic E-state index is 0.0754. The van der Waals surface area contributed by atoms with Gasteiger partial charge in [-0.05, 0) is 55.5 Å². The van der Waals surface area contributed by atoms with Crippen LogP contribution in [0.3, 0.4) is 0 Å². The molecule has 1 atom stereocenters. The summed E-state index contributed by atoms with van der Waals surface area (Å²) in [5.41, 5.74) is 4.39. The molecule has 0 saturated carbocycles. The first-order valence-corrected chi connectivity index (χ1v) is 10.9. The van der Waals surface area contributed by atoms with Crippen molar-refractivity contribution in [3.63, 3.8) is 0 Å². The first kappa shape index (κ1) is 25.3. The van der Waals surface area contributed by atoms with Crippen LogP contribution in [0.5, 0.6) is 5.75 Å². The summed E-state index contributed by atoms with van der Waals surface area (Å²) in [6.45, 7) is 7.62. The summed E-state index contributed by atoms with van der Waals surface area (Å²) in [6, 6.07) is 5.17. The monoisotopic (exact) mass is 479 g/mol. The zero-order valence-corrected chi connectivity index (χ0v) is 19.5. The molecule has 0 radical (unpaired) electrons. The Morgan fingerprint density at radius 3 is 2.56 bits per heavy atom. The standard InChI is InChI=1S/C24H28F3N3O4/c1-5-30-12-18-20(21(30)31)16(8-9-29-18)15-6-7-19(17(10-15)24(25,26)27)33-13-23(4,11-14(2)3)34-22(28)32/h6-10,14H,5,11-13H2,1-4H3,(H2,28,32). The van der Waals surface area contributed by atoms with Gasteiger partial charge in [-0.3, -0.25) is 9.78 Å². The van der Waals surface area contributed by atoms with Crippen LogP contribution in [0.25, 0.3) is 11.1 Å². The van der Waals surface area contributed by atoms with Crippen LogP contribution in [0.15, 0.2) is 30.5 Å². The Morgan fingerprint density at radius 2 is 1.97 bits per heavy atom. The quantitative estimate of drug-likeness (QED) is 0.574. The first-order chi connectivity index (χ1) is 15.8. The summed E-state index contributed by atoms with van der Waals surface area (Å²) >= 11 is 0. The van der Waals surface area contributed by atoms with E-state index in [0.717, 1.165) is 6.07 Å². The Hall–Kier alpha value is -3.30. The van der Waals surface area contributed by atoms with Crippen molar-refractivity contribution in [1.82, 2.24) is 9.88 Å². The number of carbonyl (C=O) groups excluding carboxylic acids is 2. The number of amides is 2. The molecule has 2 amide bonds. The molecule has 1 aromatic heterocycles. The molecule has 34 heavy (non-hydrogen) atoms. The molecule has 7 nitrogen and oxygen atoms in total. The maximum Gasteiger partial charge on any atom is 0.419 e. The fourth-order valence-electron chi connectivity index (χ4n) is 4.28. The van der Waals surface area contributed by atoms with Crippen LogP contribution < -0.4 is 10.5 Å². The number of nitrogens with zero attached hydrogens (tertiary/aromatic N) is 2. The number of hydrogen-bond acceptors (Lipinski definition) is 5. The van der Waals surface area contributed by atoms with Crippen LogP contribution >= 0.6 is 0 Å². The Labute approximate surface area is 196 Å². The molecule has 0 fully saturated rings. The summed E-state index contributed by atoms with van der Waals surface area (Å²) in [5, 5.41) is 0. The fraction of sp³-hybridized carbons (Fsp3) is 0.458. The lowest BCUT2D eigenvalue weighted by atomic mass is 9.94. The molecule has 2 N–H and O–H groups in total. The van der Waals surface area contributed by atoms with Gasteiger partial charge in [0.1, 0.15) is 18.0 Å². The Morgan fingerprint density at radius 1 is 1.26 bits per heavy atom. The number of hydrogen-bond donors (Lipinski definition) is 1. The third-order valence-corrected chi connectivity index (χ3v) is 5.57. The van der Waals surface area contributed by atoms with Gasteiger partial charge in [0.25, 0.3) is 5.91 Å². The van der Waals surface area contributed by atoms with Crippen molar-refractivity contribution in [3.05, 3.63) is 47.3 Å². The largest absolute Gasteiger partial charge is 0.489 e. The summed E-state index contributed by atoms with van der Waals surface area (Å²) < 4.78 is 52.6.